The molecule has 1 aliphatic carbocycles. The Hall–Kier alpha value is -5.44. The third-order valence-corrected chi connectivity index (χ3v) is 16.4. The number of rotatable bonds is 26. The average Bonchev–Trinajstić information content (AvgIpc) is 4.04. The van der Waals surface area contributed by atoms with Gasteiger partial charge < -0.3 is 43.5 Å². The van der Waals surface area contributed by atoms with E-state index in [-0.39, 0.29) is 67.1 Å². The van der Waals surface area contributed by atoms with Crippen LogP contribution in [0.1, 0.15) is 133 Å². The fraction of sp³-hybridized carbons (Fsp3) is 0.556. The molecule has 3 aliphatic rings. The van der Waals surface area contributed by atoms with E-state index in [1.54, 1.807) is 26.2 Å². The highest BCUT2D eigenvalue weighted by Crippen LogP contribution is 2.45. The molecule has 2 heterocycles. The maximum atomic E-state index is 14.6. The quantitative estimate of drug-likeness (QED) is 0.0604. The van der Waals surface area contributed by atoms with Crippen molar-refractivity contribution in [1.82, 2.24) is 15.1 Å². The number of nitrogens with zero attached hydrogens (tertiary/aromatic N) is 2. The number of aryl methyl sites for hydroxylation is 1. The van der Waals surface area contributed by atoms with Crippen LogP contribution in [-0.4, -0.2) is 117 Å². The number of benzene rings is 4. The van der Waals surface area contributed by atoms with Gasteiger partial charge >= 0.3 is 5.97 Å². The summed E-state index contributed by atoms with van der Waals surface area (Å²) in [6, 6.07) is 33.4. The van der Waals surface area contributed by atoms with Crippen LogP contribution in [0, 0.1) is 30.6 Å². The first-order valence-electron chi connectivity index (χ1n) is 27.9. The largest absolute Gasteiger partial charge is 0.465 e. The van der Waals surface area contributed by atoms with Crippen molar-refractivity contribution in [2.45, 2.75) is 161 Å². The smallest absolute Gasteiger partial charge is 0.306 e. The zero-order valence-corrected chi connectivity index (χ0v) is 46.8. The van der Waals surface area contributed by atoms with Crippen LogP contribution in [0.2, 0.25) is 0 Å². The number of nitrogens with one attached hydrogen (secondary N) is 1. The molecule has 0 saturated carbocycles. The summed E-state index contributed by atoms with van der Waals surface area (Å²) in [6.07, 6.45) is 2.29. The number of carbonyl (C=O) groups excluding carboxylic acids is 4. The van der Waals surface area contributed by atoms with Crippen LogP contribution in [0.15, 0.2) is 103 Å². The summed E-state index contributed by atoms with van der Waals surface area (Å²) in [5, 5.41) is 3.26. The minimum Gasteiger partial charge on any atom is -0.465 e. The van der Waals surface area contributed by atoms with Crippen LogP contribution in [0.3, 0.4) is 0 Å². The van der Waals surface area contributed by atoms with Gasteiger partial charge in [0.05, 0.1) is 74.3 Å². The Morgan fingerprint density at radius 3 is 2.07 bits per heavy atom. The molecule has 2 aliphatic heterocycles. The molecule has 0 radical (unpaired) electrons. The third kappa shape index (κ3) is 14.4. The highest BCUT2D eigenvalue weighted by atomic mass is 16.7. The molecule has 76 heavy (non-hydrogen) atoms. The van der Waals surface area contributed by atoms with Gasteiger partial charge in [-0.05, 0) is 91.2 Å². The molecule has 13 nitrogen and oxygen atoms in total. The number of amides is 3. The summed E-state index contributed by atoms with van der Waals surface area (Å²) in [5.41, 5.74) is 7.80. The summed E-state index contributed by atoms with van der Waals surface area (Å²) in [6.45, 7) is 15.6. The van der Waals surface area contributed by atoms with Crippen LogP contribution in [0.25, 0.3) is 11.1 Å². The maximum absolute atomic E-state index is 14.6. The molecular weight excluding hydrogens is 959 g/mol. The number of likely N-dealkylation sites (N-methyl/N-ethyl adjacent to an activating group) is 1. The van der Waals surface area contributed by atoms with E-state index in [1.807, 2.05) is 87.2 Å². The summed E-state index contributed by atoms with van der Waals surface area (Å²) >= 11 is 0. The van der Waals surface area contributed by atoms with Gasteiger partial charge in [-0.1, -0.05) is 150 Å². The number of carbonyl (C=O) groups is 4. The molecule has 7 rings (SSSR count). The number of methoxy groups -OCH3 is 2. The minimum atomic E-state index is -0.649. The average molecular weight is 1040 g/mol. The molecule has 4 aromatic rings. The Labute approximate surface area is 452 Å². The van der Waals surface area contributed by atoms with Crippen molar-refractivity contribution >= 4 is 23.7 Å². The predicted octanol–water partition coefficient (Wildman–Crippen LogP) is 10.6. The van der Waals surface area contributed by atoms with Gasteiger partial charge in [0.2, 0.25) is 17.7 Å². The van der Waals surface area contributed by atoms with E-state index in [4.69, 9.17) is 28.4 Å². The van der Waals surface area contributed by atoms with Gasteiger partial charge in [0, 0.05) is 33.7 Å². The molecule has 13 heteroatoms. The van der Waals surface area contributed by atoms with Crippen molar-refractivity contribution in [3.8, 4) is 11.1 Å². The van der Waals surface area contributed by atoms with Crippen molar-refractivity contribution in [2.75, 3.05) is 41.0 Å². The molecule has 2 fully saturated rings. The topological polar surface area (TPSA) is 142 Å². The van der Waals surface area contributed by atoms with E-state index in [1.165, 1.54) is 5.56 Å². The van der Waals surface area contributed by atoms with E-state index in [2.05, 4.69) is 74.6 Å². The molecule has 11 atom stereocenters. The molecule has 3 amide bonds. The normalized spacial score (nSPS) is 20.6. The molecule has 0 aromatic heterocycles. The number of fused-ring (bicyclic) bond motifs is 3. The van der Waals surface area contributed by atoms with E-state index in [9.17, 15) is 19.2 Å². The van der Waals surface area contributed by atoms with Gasteiger partial charge in [0.15, 0.2) is 6.29 Å². The Kier molecular flexibility index (Phi) is 21.3. The first kappa shape index (κ1) is 58.2. The molecule has 4 aromatic carbocycles. The van der Waals surface area contributed by atoms with Crippen molar-refractivity contribution in [2.24, 2.45) is 23.7 Å². The van der Waals surface area contributed by atoms with Crippen molar-refractivity contribution in [3.05, 3.63) is 131 Å². The molecule has 1 N–H and O–H groups in total. The van der Waals surface area contributed by atoms with Gasteiger partial charge in [-0.3, -0.25) is 19.2 Å². The lowest BCUT2D eigenvalue weighted by Gasteiger charge is -2.40. The summed E-state index contributed by atoms with van der Waals surface area (Å²) in [5.74, 6) is -2.51. The van der Waals surface area contributed by atoms with Crippen molar-refractivity contribution in [1.29, 1.82) is 0 Å². The third-order valence-electron chi connectivity index (χ3n) is 16.4. The van der Waals surface area contributed by atoms with Gasteiger partial charge in [-0.15, -0.1) is 0 Å². The lowest BCUT2D eigenvalue weighted by atomic mass is 9.86. The van der Waals surface area contributed by atoms with Crippen LogP contribution in [0.5, 0.6) is 0 Å². The Bertz CT molecular complexity index is 2460. The van der Waals surface area contributed by atoms with Gasteiger partial charge in [-0.2, -0.15) is 0 Å². The van der Waals surface area contributed by atoms with Gasteiger partial charge in [-0.25, -0.2) is 0 Å². The fourth-order valence-corrected chi connectivity index (χ4v) is 11.8. The van der Waals surface area contributed by atoms with Gasteiger partial charge in [0.25, 0.3) is 0 Å². The zero-order valence-electron chi connectivity index (χ0n) is 46.8. The van der Waals surface area contributed by atoms with Crippen LogP contribution < -0.4 is 5.32 Å². The Morgan fingerprint density at radius 2 is 1.43 bits per heavy atom. The highest BCUT2D eigenvalue weighted by molar-refractivity contribution is 5.85. The van der Waals surface area contributed by atoms with Crippen molar-refractivity contribution < 1.29 is 47.6 Å². The Balaban J connectivity index is 0.960. The second-order valence-corrected chi connectivity index (χ2v) is 21.9. The van der Waals surface area contributed by atoms with E-state index in [0.717, 1.165) is 65.5 Å². The SMILES string of the molecule is CC[C@H](C)[C@@H]([C@@H](CC(=O)N1CCC[C@H]1[C@H](OC)[C@@H](C)C(=O)N[C@H](C)[C@@H](OC1CCCC(COCc2ccc(C)cc2)O1)c1ccccc1)OC)N(C)C(=O)[C@@H](CC(=O)OCC1c2ccccc2-c2ccccc21)C(C)C. The molecule has 0 spiro atoms. The van der Waals surface area contributed by atoms with Crippen LogP contribution in [0.4, 0.5) is 0 Å². The van der Waals surface area contributed by atoms with Crippen LogP contribution >= 0.6 is 0 Å². The number of hydrogen-bond acceptors (Lipinski definition) is 10. The predicted molar refractivity (Wildman–Crippen MR) is 295 cm³/mol. The number of esters is 1. The second kappa shape index (κ2) is 27.7. The summed E-state index contributed by atoms with van der Waals surface area (Å²) < 4.78 is 37.6. The van der Waals surface area contributed by atoms with E-state index < -0.39 is 54.5 Å². The van der Waals surface area contributed by atoms with Crippen molar-refractivity contribution in [3.63, 3.8) is 0 Å². The number of ether oxygens (including phenoxy) is 6. The van der Waals surface area contributed by atoms with E-state index in [0.29, 0.717) is 26.2 Å². The highest BCUT2D eigenvalue weighted by Gasteiger charge is 2.44. The molecule has 2 unspecified atom stereocenters. The van der Waals surface area contributed by atoms with E-state index >= 15 is 0 Å². The summed E-state index contributed by atoms with van der Waals surface area (Å²) in [7, 11) is 4.95. The van der Waals surface area contributed by atoms with Gasteiger partial charge in [0.1, 0.15) is 12.7 Å². The molecular formula is C63H85N3O10. The summed E-state index contributed by atoms with van der Waals surface area (Å²) in [4.78, 5) is 60.8. The first-order valence-corrected chi connectivity index (χ1v) is 27.9. The molecule has 412 valence electrons. The minimum absolute atomic E-state index is 0.0193. The maximum Gasteiger partial charge on any atom is 0.306 e. The number of hydrogen-bond donors (Lipinski definition) is 1. The monoisotopic (exact) mass is 1040 g/mol. The lowest BCUT2D eigenvalue weighted by Crippen LogP contribution is -2.54. The molecule has 0 bridgehead atoms. The second-order valence-electron chi connectivity index (χ2n) is 21.9. The Morgan fingerprint density at radius 1 is 0.776 bits per heavy atom. The lowest BCUT2D eigenvalue weighted by molar-refractivity contribution is -0.229. The zero-order chi connectivity index (χ0) is 54.5. The first-order chi connectivity index (χ1) is 36.6. The molecule has 2 saturated heterocycles. The van der Waals surface area contributed by atoms with Crippen LogP contribution in [-0.2, 0) is 54.2 Å². The number of likely N-dealkylation sites (tertiary alicyclic amines) is 1. The fourth-order valence-electron chi connectivity index (χ4n) is 11.8. The standard InChI is InChI=1S/C63H85N3O10/c1-11-42(5)59(65(8)63(70)52(40(2)3)35-57(68)74-39-53-50-26-17-15-24-48(50)49-25-16-18-27-51(49)53)55(71-9)36-56(67)66-34-20-28-54(66)60(72-10)43(6)62(69)64-44(7)61(46-21-13-12-14-22-46)76-58-29-19-23-47(75-58)38-73-37-45-32-30-41(4)31-33-45/h12-18,21-22,24-27,30-33,40,42-44,47,52-55,58-61H,11,19-20,23,28-29,34-39H2,1-10H3,(H,64,69)/t42-,43+,44+,47?,52-,54-,55+,58?,59-,60+,61+/m0/s1.